The van der Waals surface area contributed by atoms with Crippen LogP contribution in [0.5, 0.6) is 0 Å². The minimum Gasteiger partial charge on any atom is -0.480 e. The fourth-order valence-electron chi connectivity index (χ4n) is 3.76. The van der Waals surface area contributed by atoms with Crippen LogP contribution in [-0.4, -0.2) is 60.4 Å². The molecule has 1 aliphatic carbocycles. The van der Waals surface area contributed by atoms with E-state index >= 15 is 0 Å². The molecule has 5 nitrogen and oxygen atoms in total. The smallest absolute Gasteiger partial charge is 0.323 e. The predicted molar refractivity (Wildman–Crippen MR) is 77.9 cm³/mol. The van der Waals surface area contributed by atoms with Gasteiger partial charge in [-0.2, -0.15) is 0 Å². The van der Waals surface area contributed by atoms with Crippen molar-refractivity contribution in [2.45, 2.75) is 63.1 Å². The van der Waals surface area contributed by atoms with E-state index in [0.717, 1.165) is 51.8 Å². The molecule has 0 bridgehead atoms. The predicted octanol–water partition coefficient (Wildman–Crippen LogP) is 1.47. The molecule has 0 spiro atoms. The molecule has 20 heavy (non-hydrogen) atoms. The molecule has 5 heteroatoms. The molecule has 0 amide bonds. The summed E-state index contributed by atoms with van der Waals surface area (Å²) in [5.41, 5.74) is -0.735. The Morgan fingerprint density at radius 3 is 2.90 bits per heavy atom. The number of carbonyl (C=O) groups is 1. The summed E-state index contributed by atoms with van der Waals surface area (Å²) in [5.74, 6) is -0.705. The topological polar surface area (TPSA) is 61.8 Å². The van der Waals surface area contributed by atoms with Crippen LogP contribution in [-0.2, 0) is 9.53 Å². The second-order valence-corrected chi connectivity index (χ2v) is 6.10. The van der Waals surface area contributed by atoms with Crippen LogP contribution in [0.15, 0.2) is 0 Å². The van der Waals surface area contributed by atoms with Gasteiger partial charge in [0.15, 0.2) is 0 Å². The second kappa shape index (κ2) is 6.87. The number of rotatable bonds is 5. The van der Waals surface area contributed by atoms with Crippen LogP contribution in [0.3, 0.4) is 0 Å². The van der Waals surface area contributed by atoms with Crippen LogP contribution in [0.1, 0.15) is 45.4 Å². The summed E-state index contributed by atoms with van der Waals surface area (Å²) in [6.07, 6.45) is 6.14. The summed E-state index contributed by atoms with van der Waals surface area (Å²) in [4.78, 5) is 14.1. The Balaban J connectivity index is 1.99. The summed E-state index contributed by atoms with van der Waals surface area (Å²) >= 11 is 0. The number of nitrogens with zero attached hydrogens (tertiary/aromatic N) is 1. The summed E-state index contributed by atoms with van der Waals surface area (Å²) in [6.45, 7) is 4.83. The Kier molecular flexibility index (Phi) is 5.41. The molecular weight excluding hydrogens is 256 g/mol. The van der Waals surface area contributed by atoms with Crippen LogP contribution in [0, 0.1) is 0 Å². The molecule has 3 atom stereocenters. The zero-order valence-electron chi connectivity index (χ0n) is 12.7. The molecule has 1 saturated carbocycles. The summed E-state index contributed by atoms with van der Waals surface area (Å²) in [6, 6.07) is 0.371. The van der Waals surface area contributed by atoms with Crippen LogP contribution < -0.4 is 5.32 Å². The zero-order valence-corrected chi connectivity index (χ0v) is 12.7. The third-order valence-corrected chi connectivity index (χ3v) is 4.94. The highest BCUT2D eigenvalue weighted by molar-refractivity contribution is 5.79. The number of likely N-dealkylation sites (tertiary alicyclic amines) is 1. The number of likely N-dealkylation sites (N-methyl/N-ethyl adjacent to an activating group) is 1. The van der Waals surface area contributed by atoms with E-state index in [1.165, 1.54) is 0 Å². The van der Waals surface area contributed by atoms with Gasteiger partial charge in [0.25, 0.3) is 0 Å². The van der Waals surface area contributed by atoms with Gasteiger partial charge in [-0.15, -0.1) is 0 Å². The van der Waals surface area contributed by atoms with E-state index in [4.69, 9.17) is 4.74 Å². The van der Waals surface area contributed by atoms with Gasteiger partial charge in [-0.1, -0.05) is 0 Å². The maximum absolute atomic E-state index is 11.6. The molecule has 2 N–H and O–H groups in total. The van der Waals surface area contributed by atoms with E-state index in [0.29, 0.717) is 18.6 Å². The Labute approximate surface area is 121 Å². The van der Waals surface area contributed by atoms with Gasteiger partial charge in [0.05, 0.1) is 6.10 Å². The number of ether oxygens (including phenoxy) is 1. The van der Waals surface area contributed by atoms with Crippen molar-refractivity contribution in [3.8, 4) is 0 Å². The van der Waals surface area contributed by atoms with Gasteiger partial charge >= 0.3 is 5.97 Å². The Morgan fingerprint density at radius 1 is 1.45 bits per heavy atom. The normalized spacial score (nSPS) is 35.9. The summed E-state index contributed by atoms with van der Waals surface area (Å²) in [5, 5.41) is 12.6. The largest absolute Gasteiger partial charge is 0.480 e. The highest BCUT2D eigenvalue weighted by Crippen LogP contribution is 2.33. The standard InChI is InChI=1S/C15H28N2O3/c1-3-20-13-7-5-9-17(11-13)12-6-4-8-15(10-12,16-2)14(18)19/h12-13,16H,3-11H2,1-2H3,(H,18,19). The van der Waals surface area contributed by atoms with Crippen molar-refractivity contribution in [3.63, 3.8) is 0 Å². The minimum atomic E-state index is -0.735. The Hall–Kier alpha value is -0.650. The van der Waals surface area contributed by atoms with Gasteiger partial charge in [-0.3, -0.25) is 9.69 Å². The summed E-state index contributed by atoms with van der Waals surface area (Å²) in [7, 11) is 1.77. The molecule has 1 saturated heterocycles. The van der Waals surface area contributed by atoms with Crippen molar-refractivity contribution in [2.24, 2.45) is 0 Å². The monoisotopic (exact) mass is 284 g/mol. The number of nitrogens with one attached hydrogen (secondary N) is 1. The molecule has 2 aliphatic rings. The van der Waals surface area contributed by atoms with Crippen molar-refractivity contribution in [2.75, 3.05) is 26.7 Å². The number of carboxylic acid groups (broad SMARTS) is 1. The van der Waals surface area contributed by atoms with Crippen LogP contribution in [0.4, 0.5) is 0 Å². The van der Waals surface area contributed by atoms with Gasteiger partial charge in [0.1, 0.15) is 5.54 Å². The molecule has 1 aliphatic heterocycles. The zero-order chi connectivity index (χ0) is 14.6. The van der Waals surface area contributed by atoms with Gasteiger partial charge in [-0.05, 0) is 59.0 Å². The molecule has 2 fully saturated rings. The van der Waals surface area contributed by atoms with E-state index < -0.39 is 11.5 Å². The summed E-state index contributed by atoms with van der Waals surface area (Å²) < 4.78 is 5.76. The van der Waals surface area contributed by atoms with Gasteiger partial charge < -0.3 is 15.2 Å². The second-order valence-electron chi connectivity index (χ2n) is 6.10. The van der Waals surface area contributed by atoms with Gasteiger partial charge in [-0.25, -0.2) is 0 Å². The SMILES string of the molecule is CCOC1CCCN(C2CCCC(NC)(C(=O)O)C2)C1. The number of hydrogen-bond donors (Lipinski definition) is 2. The first-order valence-electron chi connectivity index (χ1n) is 7.89. The highest BCUT2D eigenvalue weighted by atomic mass is 16.5. The lowest BCUT2D eigenvalue weighted by atomic mass is 9.78. The lowest BCUT2D eigenvalue weighted by Gasteiger charge is -2.44. The number of hydrogen-bond acceptors (Lipinski definition) is 4. The molecule has 0 aromatic rings. The van der Waals surface area contributed by atoms with Crippen molar-refractivity contribution in [1.82, 2.24) is 10.2 Å². The maximum Gasteiger partial charge on any atom is 0.323 e. The molecule has 2 rings (SSSR count). The Bertz CT molecular complexity index is 335. The molecule has 0 aromatic carbocycles. The van der Waals surface area contributed by atoms with Gasteiger partial charge in [0, 0.05) is 19.2 Å². The minimum absolute atomic E-state index is 0.324. The first kappa shape index (κ1) is 15.7. The molecule has 1 heterocycles. The average molecular weight is 284 g/mol. The molecule has 0 aromatic heterocycles. The van der Waals surface area contributed by atoms with E-state index in [1.807, 2.05) is 6.92 Å². The first-order valence-corrected chi connectivity index (χ1v) is 7.89. The molecule has 116 valence electrons. The van der Waals surface area contributed by atoms with E-state index in [9.17, 15) is 9.90 Å². The maximum atomic E-state index is 11.6. The van der Waals surface area contributed by atoms with E-state index in [1.54, 1.807) is 7.05 Å². The third-order valence-electron chi connectivity index (χ3n) is 4.94. The number of aliphatic carboxylic acids is 1. The molecule has 0 radical (unpaired) electrons. The average Bonchev–Trinajstić information content (AvgIpc) is 2.48. The fourth-order valence-corrected chi connectivity index (χ4v) is 3.76. The van der Waals surface area contributed by atoms with Gasteiger partial charge in [0.2, 0.25) is 0 Å². The lowest BCUT2D eigenvalue weighted by molar-refractivity contribution is -0.147. The van der Waals surface area contributed by atoms with Crippen molar-refractivity contribution >= 4 is 5.97 Å². The van der Waals surface area contributed by atoms with Crippen LogP contribution in [0.2, 0.25) is 0 Å². The molecule has 3 unspecified atom stereocenters. The molecular formula is C15H28N2O3. The number of piperidine rings is 1. The first-order chi connectivity index (χ1) is 9.61. The van der Waals surface area contributed by atoms with Crippen LogP contribution >= 0.6 is 0 Å². The van der Waals surface area contributed by atoms with Crippen molar-refractivity contribution < 1.29 is 14.6 Å². The quantitative estimate of drug-likeness (QED) is 0.800. The highest BCUT2D eigenvalue weighted by Gasteiger charge is 2.43. The Morgan fingerprint density at radius 2 is 2.25 bits per heavy atom. The van der Waals surface area contributed by atoms with Crippen molar-refractivity contribution in [1.29, 1.82) is 0 Å². The fraction of sp³-hybridized carbons (Fsp3) is 0.933. The van der Waals surface area contributed by atoms with E-state index in [-0.39, 0.29) is 0 Å². The van der Waals surface area contributed by atoms with E-state index in [2.05, 4.69) is 10.2 Å². The van der Waals surface area contributed by atoms with Crippen LogP contribution in [0.25, 0.3) is 0 Å². The third kappa shape index (κ3) is 3.32. The number of carboxylic acids is 1. The van der Waals surface area contributed by atoms with Crippen molar-refractivity contribution in [3.05, 3.63) is 0 Å². The lowest BCUT2D eigenvalue weighted by Crippen LogP contribution is -2.58.